The topological polar surface area (TPSA) is 71.1 Å². The van der Waals surface area contributed by atoms with Gasteiger partial charge in [-0.25, -0.2) is 0 Å². The molecule has 1 aliphatic heterocycles. The van der Waals surface area contributed by atoms with Crippen LogP contribution in [-0.2, 0) is 13.0 Å². The minimum absolute atomic E-state index is 0.0441. The number of carbonyl (C=O) groups is 2. The average molecular weight is 556 g/mol. The van der Waals surface area contributed by atoms with Gasteiger partial charge in [-0.15, -0.1) is 0 Å². The molecule has 1 fully saturated rings. The van der Waals surface area contributed by atoms with E-state index in [4.69, 9.17) is 9.47 Å². The van der Waals surface area contributed by atoms with Crippen LogP contribution in [0.3, 0.4) is 0 Å². The van der Waals surface area contributed by atoms with Gasteiger partial charge in [0.1, 0.15) is 0 Å². The standard InChI is InChI=1S/C34H41N3O4/c1-40-31-22-26-18-21-36(24-27(26)23-32(31)41-2)20-11-19-35-33(38)29-16-9-10-17-30(29)37(28-14-7-4-8-15-28)34(39)25-12-5-3-6-13-25/h3,5-6,9-10,12-13,16-17,22-23,28H,4,7-8,11,14-15,18-21,24H2,1-2H3,(H,35,38). The summed E-state index contributed by atoms with van der Waals surface area (Å²) < 4.78 is 11.0. The first-order valence-electron chi connectivity index (χ1n) is 14.8. The van der Waals surface area contributed by atoms with Crippen LogP contribution in [0.4, 0.5) is 5.69 Å². The van der Waals surface area contributed by atoms with Crippen LogP contribution in [-0.4, -0.2) is 56.6 Å². The van der Waals surface area contributed by atoms with Gasteiger partial charge in [0.25, 0.3) is 11.8 Å². The number of rotatable bonds is 10. The van der Waals surface area contributed by atoms with Crippen molar-refractivity contribution in [1.82, 2.24) is 10.2 Å². The summed E-state index contributed by atoms with van der Waals surface area (Å²) in [4.78, 5) is 31.6. The zero-order valence-electron chi connectivity index (χ0n) is 24.2. The van der Waals surface area contributed by atoms with Crippen LogP contribution in [0.1, 0.15) is 70.4 Å². The summed E-state index contributed by atoms with van der Waals surface area (Å²) in [5.74, 6) is 1.35. The summed E-state index contributed by atoms with van der Waals surface area (Å²) in [6.45, 7) is 3.27. The molecule has 3 aromatic rings. The van der Waals surface area contributed by atoms with Gasteiger partial charge in [0.2, 0.25) is 0 Å². The Balaban J connectivity index is 1.23. The van der Waals surface area contributed by atoms with Gasteiger partial charge in [0.05, 0.1) is 25.5 Å². The van der Waals surface area contributed by atoms with Crippen LogP contribution in [0, 0.1) is 0 Å². The van der Waals surface area contributed by atoms with Gasteiger partial charge in [0.15, 0.2) is 11.5 Å². The molecular formula is C34H41N3O4. The number of anilines is 1. The Hall–Kier alpha value is -3.84. The summed E-state index contributed by atoms with van der Waals surface area (Å²) >= 11 is 0. The molecule has 0 spiro atoms. The molecule has 0 bridgehead atoms. The van der Waals surface area contributed by atoms with Crippen molar-refractivity contribution >= 4 is 17.5 Å². The van der Waals surface area contributed by atoms with Crippen molar-refractivity contribution in [2.75, 3.05) is 38.8 Å². The first-order chi connectivity index (χ1) is 20.1. The average Bonchev–Trinajstić information content (AvgIpc) is 3.03. The van der Waals surface area contributed by atoms with Gasteiger partial charge in [0, 0.05) is 37.8 Å². The van der Waals surface area contributed by atoms with Gasteiger partial charge in [-0.1, -0.05) is 49.6 Å². The molecule has 1 aliphatic carbocycles. The van der Waals surface area contributed by atoms with E-state index in [0.29, 0.717) is 23.4 Å². The number of methoxy groups -OCH3 is 2. The Bertz CT molecular complexity index is 1340. The van der Waals surface area contributed by atoms with Crippen molar-refractivity contribution in [1.29, 1.82) is 0 Å². The third kappa shape index (κ3) is 6.73. The number of amides is 2. The van der Waals surface area contributed by atoms with Crippen molar-refractivity contribution in [3.05, 3.63) is 89.0 Å². The van der Waals surface area contributed by atoms with E-state index in [1.165, 1.54) is 17.5 Å². The van der Waals surface area contributed by atoms with Gasteiger partial charge in [-0.2, -0.15) is 0 Å². The highest BCUT2D eigenvalue weighted by atomic mass is 16.5. The van der Waals surface area contributed by atoms with Crippen LogP contribution < -0.4 is 19.7 Å². The number of carbonyl (C=O) groups excluding carboxylic acids is 2. The first-order valence-corrected chi connectivity index (χ1v) is 14.8. The lowest BCUT2D eigenvalue weighted by Crippen LogP contribution is -2.43. The molecule has 41 heavy (non-hydrogen) atoms. The second-order valence-corrected chi connectivity index (χ2v) is 11.0. The number of benzene rings is 3. The maximum absolute atomic E-state index is 13.8. The summed E-state index contributed by atoms with van der Waals surface area (Å²) in [5, 5.41) is 3.13. The highest BCUT2D eigenvalue weighted by Gasteiger charge is 2.30. The highest BCUT2D eigenvalue weighted by molar-refractivity contribution is 6.10. The predicted molar refractivity (Wildman–Crippen MR) is 162 cm³/mol. The molecule has 2 aliphatic rings. The fraction of sp³-hybridized carbons (Fsp3) is 0.412. The summed E-state index contributed by atoms with van der Waals surface area (Å²) in [6.07, 6.45) is 7.08. The molecule has 5 rings (SSSR count). The van der Waals surface area contributed by atoms with Crippen molar-refractivity contribution in [3.63, 3.8) is 0 Å². The van der Waals surface area contributed by atoms with Crippen LogP contribution in [0.5, 0.6) is 11.5 Å². The molecule has 1 saturated carbocycles. The molecule has 1 heterocycles. The predicted octanol–water partition coefficient (Wildman–Crippen LogP) is 5.86. The maximum atomic E-state index is 13.8. The maximum Gasteiger partial charge on any atom is 0.258 e. The van der Waals surface area contributed by atoms with Crippen LogP contribution >= 0.6 is 0 Å². The Morgan fingerprint density at radius 2 is 1.59 bits per heavy atom. The van der Waals surface area contributed by atoms with Crippen molar-refractivity contribution in [2.45, 2.75) is 57.5 Å². The van der Waals surface area contributed by atoms with E-state index in [-0.39, 0.29) is 17.9 Å². The van der Waals surface area contributed by atoms with Gasteiger partial charge < -0.3 is 19.7 Å². The number of hydrogen-bond donors (Lipinski definition) is 1. The molecule has 3 aromatic carbocycles. The lowest BCUT2D eigenvalue weighted by atomic mass is 9.92. The van der Waals surface area contributed by atoms with E-state index in [9.17, 15) is 9.59 Å². The summed E-state index contributed by atoms with van der Waals surface area (Å²) in [6, 6.07) is 21.2. The molecule has 2 amide bonds. The van der Waals surface area contributed by atoms with Crippen molar-refractivity contribution in [3.8, 4) is 11.5 Å². The van der Waals surface area contributed by atoms with E-state index in [1.54, 1.807) is 14.2 Å². The van der Waals surface area contributed by atoms with E-state index in [1.807, 2.05) is 59.5 Å². The van der Waals surface area contributed by atoms with Crippen molar-refractivity contribution in [2.24, 2.45) is 0 Å². The van der Waals surface area contributed by atoms with Gasteiger partial charge >= 0.3 is 0 Å². The number of nitrogens with one attached hydrogen (secondary N) is 1. The normalized spacial score (nSPS) is 15.6. The molecule has 0 aromatic heterocycles. The van der Waals surface area contributed by atoms with Crippen LogP contribution in [0.15, 0.2) is 66.7 Å². The summed E-state index contributed by atoms with van der Waals surface area (Å²) in [5.41, 5.74) is 4.46. The molecule has 0 radical (unpaired) electrons. The third-order valence-electron chi connectivity index (χ3n) is 8.32. The highest BCUT2D eigenvalue weighted by Crippen LogP contribution is 2.34. The summed E-state index contributed by atoms with van der Waals surface area (Å²) in [7, 11) is 3.33. The van der Waals surface area contributed by atoms with E-state index >= 15 is 0 Å². The Morgan fingerprint density at radius 1 is 0.902 bits per heavy atom. The molecule has 1 N–H and O–H groups in total. The fourth-order valence-corrected chi connectivity index (χ4v) is 6.14. The van der Waals surface area contributed by atoms with E-state index in [2.05, 4.69) is 22.3 Å². The number of fused-ring (bicyclic) bond motifs is 1. The first kappa shape index (κ1) is 28.7. The van der Waals surface area contributed by atoms with E-state index in [0.717, 1.165) is 69.7 Å². The smallest absolute Gasteiger partial charge is 0.258 e. The minimum Gasteiger partial charge on any atom is -0.493 e. The molecule has 7 nitrogen and oxygen atoms in total. The Morgan fingerprint density at radius 3 is 2.32 bits per heavy atom. The molecular weight excluding hydrogens is 514 g/mol. The van der Waals surface area contributed by atoms with Crippen LogP contribution in [0.25, 0.3) is 0 Å². The number of ether oxygens (including phenoxy) is 2. The molecule has 7 heteroatoms. The largest absolute Gasteiger partial charge is 0.493 e. The number of hydrogen-bond acceptors (Lipinski definition) is 5. The van der Waals surface area contributed by atoms with E-state index < -0.39 is 0 Å². The lowest BCUT2D eigenvalue weighted by molar-refractivity contribution is 0.0951. The Labute approximate surface area is 243 Å². The number of para-hydroxylation sites is 1. The van der Waals surface area contributed by atoms with Gasteiger partial charge in [-0.3, -0.25) is 14.5 Å². The monoisotopic (exact) mass is 555 g/mol. The lowest BCUT2D eigenvalue weighted by Gasteiger charge is -2.35. The number of nitrogens with zero attached hydrogens (tertiary/aromatic N) is 2. The second-order valence-electron chi connectivity index (χ2n) is 11.0. The molecule has 216 valence electrons. The molecule has 0 atom stereocenters. The van der Waals surface area contributed by atoms with Crippen molar-refractivity contribution < 1.29 is 19.1 Å². The SMILES string of the molecule is COc1cc2c(cc1OC)CN(CCCNC(=O)c1ccccc1N(C(=O)c1ccccc1)C1CCCCC1)CC2. The Kier molecular flexibility index (Phi) is 9.57. The minimum atomic E-state index is -0.136. The second kappa shape index (κ2) is 13.7. The van der Waals surface area contributed by atoms with Crippen LogP contribution in [0.2, 0.25) is 0 Å². The zero-order chi connectivity index (χ0) is 28.6. The molecule has 0 unspecified atom stereocenters. The fourth-order valence-electron chi connectivity index (χ4n) is 6.14. The molecule has 0 saturated heterocycles. The quantitative estimate of drug-likeness (QED) is 0.317. The third-order valence-corrected chi connectivity index (χ3v) is 8.32. The van der Waals surface area contributed by atoms with Gasteiger partial charge in [-0.05, 0) is 73.2 Å². The zero-order valence-corrected chi connectivity index (χ0v) is 24.2.